The van der Waals surface area contributed by atoms with Crippen molar-refractivity contribution in [3.05, 3.63) is 168 Å². The normalized spacial score (nSPS) is 9.75. The SMILES string of the molecule is C1=Cc2nc1c(-c1ccccc1)c1ccc([n-]1)c(-c1ccccc1)c1nc(c(-c3ccccc3)c3ccc([nH]3)c2-c2ccccc2)C=C1.CC.CC.CC.CC.CC.CC.CC.CC. The van der Waals surface area contributed by atoms with Gasteiger partial charge in [-0.3, -0.25) is 0 Å². The van der Waals surface area contributed by atoms with Crippen LogP contribution in [0.25, 0.3) is 90.9 Å². The Morgan fingerprint density at radius 3 is 0.781 bits per heavy atom. The molecule has 0 radical (unpaired) electrons. The van der Waals surface area contributed by atoms with E-state index in [2.05, 4.69) is 151 Å². The van der Waals surface area contributed by atoms with Gasteiger partial charge in [-0.1, -0.05) is 244 Å². The Morgan fingerprint density at radius 2 is 0.516 bits per heavy atom. The number of aromatic amines is 1. The minimum Gasteiger partial charge on any atom is -0.657 e. The van der Waals surface area contributed by atoms with Crippen molar-refractivity contribution >= 4 is 46.4 Å². The van der Waals surface area contributed by atoms with Crippen LogP contribution in [0.2, 0.25) is 0 Å². The lowest BCUT2D eigenvalue weighted by Gasteiger charge is -2.12. The summed E-state index contributed by atoms with van der Waals surface area (Å²) >= 11 is 0. The average molecular weight is 854 g/mol. The van der Waals surface area contributed by atoms with Gasteiger partial charge in [0.1, 0.15) is 0 Å². The van der Waals surface area contributed by atoms with E-state index < -0.39 is 0 Å². The third kappa shape index (κ3) is 13.7. The highest BCUT2D eigenvalue weighted by molar-refractivity contribution is 5.99. The van der Waals surface area contributed by atoms with Crippen molar-refractivity contribution < 1.29 is 0 Å². The lowest BCUT2D eigenvalue weighted by molar-refractivity contribution is 1.31. The minimum absolute atomic E-state index is 0.869. The van der Waals surface area contributed by atoms with Crippen LogP contribution in [0.3, 0.4) is 0 Å². The number of benzene rings is 4. The molecule has 4 nitrogen and oxygen atoms in total. The third-order valence-corrected chi connectivity index (χ3v) is 8.93. The molecule has 0 spiro atoms. The highest BCUT2D eigenvalue weighted by Crippen LogP contribution is 2.38. The first-order chi connectivity index (χ1) is 31.8. The summed E-state index contributed by atoms with van der Waals surface area (Å²) in [7, 11) is 0. The lowest BCUT2D eigenvalue weighted by Crippen LogP contribution is -1.90. The number of nitrogens with one attached hydrogen (secondary N) is 1. The fraction of sp³-hybridized carbons (Fsp3) is 0.267. The molecule has 9 rings (SSSR count). The summed E-state index contributed by atoms with van der Waals surface area (Å²) in [6.07, 6.45) is 8.48. The molecule has 0 atom stereocenters. The Morgan fingerprint density at radius 1 is 0.281 bits per heavy atom. The summed E-state index contributed by atoms with van der Waals surface area (Å²) in [6, 6.07) is 50.3. The summed E-state index contributed by atoms with van der Waals surface area (Å²) in [6.45, 7) is 32.0. The lowest BCUT2D eigenvalue weighted by atomic mass is 10.0. The predicted molar refractivity (Wildman–Crippen MR) is 290 cm³/mol. The first-order valence-corrected chi connectivity index (χ1v) is 24.1. The molecule has 0 aliphatic carbocycles. The molecule has 5 heterocycles. The molecular formula is C60H77N4-. The number of nitrogens with zero attached hydrogens (tertiary/aromatic N) is 3. The van der Waals surface area contributed by atoms with Gasteiger partial charge >= 0.3 is 0 Å². The van der Waals surface area contributed by atoms with Crippen LogP contribution >= 0.6 is 0 Å². The van der Waals surface area contributed by atoms with E-state index in [4.69, 9.17) is 15.0 Å². The van der Waals surface area contributed by atoms with Gasteiger partial charge < -0.3 is 9.97 Å². The number of rotatable bonds is 4. The predicted octanol–water partition coefficient (Wildman–Crippen LogP) is 19.2. The van der Waals surface area contributed by atoms with Gasteiger partial charge in [0.05, 0.1) is 22.8 Å². The van der Waals surface area contributed by atoms with Gasteiger partial charge in [-0.15, -0.1) is 11.0 Å². The average Bonchev–Trinajstić information content (AvgIpc) is 4.27. The summed E-state index contributed by atoms with van der Waals surface area (Å²) < 4.78 is 0. The second-order valence-corrected chi connectivity index (χ2v) is 11.9. The van der Waals surface area contributed by atoms with E-state index in [0.717, 1.165) is 89.4 Å². The molecule has 3 aromatic heterocycles. The number of H-pyrrole nitrogens is 1. The maximum absolute atomic E-state index is 5.33. The van der Waals surface area contributed by atoms with Gasteiger partial charge in [0.15, 0.2) is 0 Å². The fourth-order valence-electron chi connectivity index (χ4n) is 6.76. The summed E-state index contributed by atoms with van der Waals surface area (Å²) in [5, 5.41) is 0. The number of hydrogen-bond acceptors (Lipinski definition) is 2. The van der Waals surface area contributed by atoms with Gasteiger partial charge in [0, 0.05) is 22.2 Å². The quantitative estimate of drug-likeness (QED) is 0.192. The van der Waals surface area contributed by atoms with Crippen LogP contribution in [0, 0.1) is 0 Å². The van der Waals surface area contributed by atoms with E-state index in [-0.39, 0.29) is 0 Å². The smallest absolute Gasteiger partial charge is 0.0737 e. The third-order valence-electron chi connectivity index (χ3n) is 8.93. The van der Waals surface area contributed by atoms with Crippen molar-refractivity contribution in [2.45, 2.75) is 111 Å². The van der Waals surface area contributed by atoms with Crippen LogP contribution < -0.4 is 4.98 Å². The molecule has 2 aliphatic rings. The molecular weight excluding hydrogens is 777 g/mol. The Kier molecular flexibility index (Phi) is 27.9. The van der Waals surface area contributed by atoms with Crippen LogP contribution in [-0.4, -0.2) is 15.0 Å². The van der Waals surface area contributed by atoms with Crippen LogP contribution in [0.4, 0.5) is 0 Å². The van der Waals surface area contributed by atoms with Crippen molar-refractivity contribution in [1.82, 2.24) is 19.9 Å². The van der Waals surface area contributed by atoms with E-state index in [0.29, 0.717) is 0 Å². The maximum atomic E-state index is 5.33. The Balaban J connectivity index is 0.00000116. The molecule has 2 aliphatic heterocycles. The van der Waals surface area contributed by atoms with E-state index in [1.807, 2.05) is 135 Å². The van der Waals surface area contributed by atoms with Gasteiger partial charge in [-0.2, -0.15) is 0 Å². The van der Waals surface area contributed by atoms with E-state index >= 15 is 0 Å². The van der Waals surface area contributed by atoms with Crippen LogP contribution in [0.5, 0.6) is 0 Å². The Hall–Kier alpha value is -6.52. The van der Waals surface area contributed by atoms with Crippen molar-refractivity contribution in [1.29, 1.82) is 0 Å². The highest BCUT2D eigenvalue weighted by atomic mass is 14.8. The van der Waals surface area contributed by atoms with Gasteiger partial charge in [-0.05, 0) is 69.8 Å². The Labute approximate surface area is 388 Å². The molecule has 0 fully saturated rings. The zero-order chi connectivity index (χ0) is 47.9. The first-order valence-electron chi connectivity index (χ1n) is 24.1. The summed E-state index contributed by atoms with van der Waals surface area (Å²) in [5.41, 5.74) is 15.6. The van der Waals surface area contributed by atoms with E-state index in [1.165, 1.54) is 0 Å². The van der Waals surface area contributed by atoms with Gasteiger partial charge in [-0.25, -0.2) is 9.97 Å². The van der Waals surface area contributed by atoms with Crippen molar-refractivity contribution in [2.24, 2.45) is 0 Å². The topological polar surface area (TPSA) is 55.7 Å². The molecule has 0 unspecified atom stereocenters. The number of fused-ring (bicyclic) bond motifs is 8. The monoisotopic (exact) mass is 854 g/mol. The zero-order valence-electron chi connectivity index (χ0n) is 42.0. The molecule has 8 bridgehead atoms. The van der Waals surface area contributed by atoms with Gasteiger partial charge in [0.25, 0.3) is 0 Å². The molecule has 4 heteroatoms. The molecule has 1 N–H and O–H groups in total. The van der Waals surface area contributed by atoms with Crippen LogP contribution in [0.15, 0.2) is 146 Å². The summed E-state index contributed by atoms with van der Waals surface area (Å²) in [5.74, 6) is 0. The zero-order valence-corrected chi connectivity index (χ0v) is 42.0. The fourth-order valence-corrected chi connectivity index (χ4v) is 6.76. The molecule has 7 aromatic rings. The molecule has 4 aromatic carbocycles. The largest absolute Gasteiger partial charge is 0.657 e. The number of aromatic nitrogens is 4. The van der Waals surface area contributed by atoms with Crippen LogP contribution in [0.1, 0.15) is 134 Å². The second kappa shape index (κ2) is 32.2. The molecule has 0 amide bonds. The second-order valence-electron chi connectivity index (χ2n) is 11.9. The standard InChI is InChI=1S/C44H29N4.8C2H6/c1-5-13-29(14-6-1)41-33-21-23-35(45-33)42(30-15-7-2-8-16-30)37-25-27-39(47-37)44(32-19-11-4-12-20-32)40-28-26-38(48-40)43(31-17-9-3-10-18-31)36-24-22-34(41)46-36;8*1-2/h1-28,45H;8*1-2H3/q-1;;;;;;;;. The van der Waals surface area contributed by atoms with Crippen molar-refractivity contribution in [3.63, 3.8) is 0 Å². The van der Waals surface area contributed by atoms with Gasteiger partial charge in [0.2, 0.25) is 0 Å². The number of hydrogen-bond donors (Lipinski definition) is 1. The molecule has 0 saturated carbocycles. The van der Waals surface area contributed by atoms with Crippen molar-refractivity contribution in [2.75, 3.05) is 0 Å². The van der Waals surface area contributed by atoms with E-state index in [1.54, 1.807) is 0 Å². The molecule has 338 valence electrons. The Bertz CT molecular complexity index is 2180. The highest BCUT2D eigenvalue weighted by Gasteiger charge is 2.17. The minimum atomic E-state index is 0.869. The maximum Gasteiger partial charge on any atom is 0.0737 e. The van der Waals surface area contributed by atoms with Crippen LogP contribution in [-0.2, 0) is 0 Å². The molecule has 64 heavy (non-hydrogen) atoms. The first kappa shape index (κ1) is 55.5. The molecule has 0 saturated heterocycles. The summed E-state index contributed by atoms with van der Waals surface area (Å²) in [4.78, 5) is 19.8. The van der Waals surface area contributed by atoms with E-state index in [9.17, 15) is 0 Å². The van der Waals surface area contributed by atoms with Crippen molar-refractivity contribution in [3.8, 4) is 44.5 Å².